The van der Waals surface area contributed by atoms with Gasteiger partial charge in [-0.15, -0.1) is 0 Å². The number of fused-ring (bicyclic) bond motifs is 1. The predicted molar refractivity (Wildman–Crippen MR) is 145 cm³/mol. The molecule has 2 aliphatic rings. The highest BCUT2D eigenvalue weighted by Gasteiger charge is 2.38. The minimum absolute atomic E-state index is 0.0319. The molecule has 2 N–H and O–H groups in total. The van der Waals surface area contributed by atoms with E-state index >= 15 is 0 Å². The van der Waals surface area contributed by atoms with Gasteiger partial charge in [0.15, 0.2) is 9.84 Å². The molecule has 3 amide bonds. The summed E-state index contributed by atoms with van der Waals surface area (Å²) in [6.07, 6.45) is 1.10. The predicted octanol–water partition coefficient (Wildman–Crippen LogP) is 2.67. The minimum Gasteiger partial charge on any atom is -0.480 e. The summed E-state index contributed by atoms with van der Waals surface area (Å²) in [6, 6.07) is 6.50. The number of nitrogens with one attached hydrogen (secondary N) is 1. The number of carbonyl (C=O) groups excluding carboxylic acids is 3. The number of halogens is 3. The third kappa shape index (κ3) is 6.32. The number of hydrogen-bond acceptors (Lipinski definition) is 6. The highest BCUT2D eigenvalue weighted by molar-refractivity contribution is 7.91. The van der Waals surface area contributed by atoms with Crippen LogP contribution in [0, 0.1) is 0 Å². The summed E-state index contributed by atoms with van der Waals surface area (Å²) in [5, 5.41) is 11.6. The van der Waals surface area contributed by atoms with Crippen molar-refractivity contribution < 1.29 is 32.7 Å². The van der Waals surface area contributed by atoms with Gasteiger partial charge in [0, 0.05) is 42.9 Å². The monoisotopic (exact) mass is 615 g/mol. The lowest BCUT2D eigenvalue weighted by Crippen LogP contribution is -2.49. The Morgan fingerprint density at radius 1 is 1.15 bits per heavy atom. The molecule has 2 aromatic rings. The Balaban J connectivity index is 1.50. The molecule has 0 radical (unpaired) electrons. The minimum atomic E-state index is -3.50. The van der Waals surface area contributed by atoms with E-state index in [4.69, 9.17) is 34.8 Å². The van der Waals surface area contributed by atoms with Crippen LogP contribution in [-0.4, -0.2) is 84.2 Å². The van der Waals surface area contributed by atoms with Crippen LogP contribution in [0.1, 0.15) is 38.3 Å². The van der Waals surface area contributed by atoms with E-state index in [9.17, 15) is 32.7 Å². The number of likely N-dealkylation sites (tertiary alicyclic amines) is 1. The molecule has 2 aliphatic heterocycles. The molecule has 2 atom stereocenters. The maximum Gasteiger partial charge on any atom is 0.328 e. The molecule has 10 nitrogen and oxygen atoms in total. The van der Waals surface area contributed by atoms with Crippen LogP contribution in [-0.2, 0) is 32.4 Å². The zero-order chi connectivity index (χ0) is 28.6. The number of carbonyl (C=O) groups is 4. The Morgan fingerprint density at radius 3 is 2.41 bits per heavy atom. The topological polar surface area (TPSA) is 141 Å². The smallest absolute Gasteiger partial charge is 0.328 e. The maximum absolute atomic E-state index is 13.1. The van der Waals surface area contributed by atoms with E-state index in [1.165, 1.54) is 6.07 Å². The summed E-state index contributed by atoms with van der Waals surface area (Å²) >= 11 is 18.9. The van der Waals surface area contributed by atoms with Gasteiger partial charge in [0.05, 0.1) is 27.4 Å². The van der Waals surface area contributed by atoms with Gasteiger partial charge < -0.3 is 20.2 Å². The van der Waals surface area contributed by atoms with Crippen LogP contribution in [0.2, 0.25) is 15.1 Å². The summed E-state index contributed by atoms with van der Waals surface area (Å²) in [4.78, 5) is 53.0. The van der Waals surface area contributed by atoms with Crippen LogP contribution in [0.5, 0.6) is 0 Å². The normalized spacial score (nSPS) is 18.1. The fourth-order valence-corrected chi connectivity index (χ4v) is 6.43. The van der Waals surface area contributed by atoms with Crippen molar-refractivity contribution in [3.8, 4) is 0 Å². The van der Waals surface area contributed by atoms with Gasteiger partial charge in [-0.1, -0.05) is 34.8 Å². The lowest BCUT2D eigenvalue weighted by molar-refractivity contribution is -0.140. The molecule has 14 heteroatoms. The maximum atomic E-state index is 13.1. The molecular weight excluding hydrogens is 593 g/mol. The van der Waals surface area contributed by atoms with Gasteiger partial charge in [-0.3, -0.25) is 14.4 Å². The molecule has 208 valence electrons. The first-order valence-electron chi connectivity index (χ1n) is 11.8. The first-order valence-corrected chi connectivity index (χ1v) is 14.9. The molecule has 0 aromatic heterocycles. The van der Waals surface area contributed by atoms with E-state index in [1.54, 1.807) is 29.2 Å². The molecule has 0 bridgehead atoms. The lowest BCUT2D eigenvalue weighted by atomic mass is 9.96. The summed E-state index contributed by atoms with van der Waals surface area (Å²) in [5.74, 6) is -2.99. The third-order valence-corrected chi connectivity index (χ3v) is 9.30. The highest BCUT2D eigenvalue weighted by Crippen LogP contribution is 2.35. The number of hydrogen-bond donors (Lipinski definition) is 2. The number of nitrogens with zero attached hydrogens (tertiary/aromatic N) is 2. The number of amides is 3. The number of aliphatic carboxylic acids is 1. The molecule has 0 saturated carbocycles. The summed E-state index contributed by atoms with van der Waals surface area (Å²) < 4.78 is 23.6. The van der Waals surface area contributed by atoms with Crippen molar-refractivity contribution >= 4 is 68.3 Å². The average Bonchev–Trinajstić information content (AvgIpc) is 3.24. The summed E-state index contributed by atoms with van der Waals surface area (Å²) in [7, 11) is -3.50. The molecule has 0 aliphatic carbocycles. The zero-order valence-electron chi connectivity index (χ0n) is 20.6. The Hall–Kier alpha value is -2.86. The van der Waals surface area contributed by atoms with Crippen molar-refractivity contribution in [2.75, 3.05) is 25.9 Å². The average molecular weight is 617 g/mol. The number of benzene rings is 2. The number of carboxylic acid groups (broad SMARTS) is 1. The second kappa shape index (κ2) is 11.3. The van der Waals surface area contributed by atoms with Gasteiger partial charge >= 0.3 is 5.97 Å². The lowest BCUT2D eigenvalue weighted by Gasteiger charge is -2.30. The Labute approximate surface area is 239 Å². The van der Waals surface area contributed by atoms with E-state index in [1.807, 2.05) is 0 Å². The molecule has 0 spiro atoms. The van der Waals surface area contributed by atoms with Gasteiger partial charge in [-0.2, -0.15) is 0 Å². The summed E-state index contributed by atoms with van der Waals surface area (Å²) in [5.41, 5.74) is 1.61. The Kier molecular flexibility index (Phi) is 8.46. The molecule has 2 aromatic carbocycles. The Morgan fingerprint density at radius 2 is 1.82 bits per heavy atom. The molecule has 4 rings (SSSR count). The zero-order valence-corrected chi connectivity index (χ0v) is 23.7. The summed E-state index contributed by atoms with van der Waals surface area (Å²) in [6.45, 7) is -0.0571. The van der Waals surface area contributed by atoms with E-state index < -0.39 is 45.5 Å². The number of sulfone groups is 1. The molecule has 2 heterocycles. The van der Waals surface area contributed by atoms with Crippen LogP contribution in [0.3, 0.4) is 0 Å². The fraction of sp³-hybridized carbons (Fsp3) is 0.360. The largest absolute Gasteiger partial charge is 0.480 e. The standard InChI is InChI=1S/C25H24Cl3N3O7S/c1-39(37,38)16-9-20(32)31(11-16)12-19(25(35)36)29-23(33)21-18(27)8-14-10-30(7-6-17(14)22(21)28)24(34)13-2-4-15(26)5-3-13/h2-5,8,16,19H,6-7,9-12H2,1H3,(H,29,33)(H,35,36)/t16?,19-/m0/s1. The highest BCUT2D eigenvalue weighted by atomic mass is 35.5. The second-order valence-electron chi connectivity index (χ2n) is 9.49. The van der Waals surface area contributed by atoms with E-state index in [-0.39, 0.29) is 41.0 Å². The number of carboxylic acids is 1. The molecule has 1 saturated heterocycles. The fourth-order valence-electron chi connectivity index (χ4n) is 4.64. The molecular formula is C25H24Cl3N3O7S. The quantitative estimate of drug-likeness (QED) is 0.487. The van der Waals surface area contributed by atoms with E-state index in [2.05, 4.69) is 5.32 Å². The van der Waals surface area contributed by atoms with Crippen molar-refractivity contribution in [1.29, 1.82) is 0 Å². The van der Waals surface area contributed by atoms with Crippen LogP contribution < -0.4 is 5.32 Å². The van der Waals surface area contributed by atoms with Crippen LogP contribution >= 0.6 is 34.8 Å². The first-order chi connectivity index (χ1) is 18.3. The van der Waals surface area contributed by atoms with Gasteiger partial charge in [-0.25, -0.2) is 13.2 Å². The Bertz CT molecular complexity index is 1460. The van der Waals surface area contributed by atoms with Crippen LogP contribution in [0.15, 0.2) is 30.3 Å². The van der Waals surface area contributed by atoms with Gasteiger partial charge in [0.2, 0.25) is 5.91 Å². The van der Waals surface area contributed by atoms with Gasteiger partial charge in [0.25, 0.3) is 11.8 Å². The van der Waals surface area contributed by atoms with Crippen molar-refractivity contribution in [2.45, 2.75) is 30.7 Å². The van der Waals surface area contributed by atoms with Crippen LogP contribution in [0.4, 0.5) is 0 Å². The van der Waals surface area contributed by atoms with Gasteiger partial charge in [-0.05, 0) is 47.9 Å². The molecule has 39 heavy (non-hydrogen) atoms. The molecule has 1 fully saturated rings. The first kappa shape index (κ1) is 29.1. The SMILES string of the molecule is CS(=O)(=O)C1CC(=O)N(C[C@H](NC(=O)c2c(Cl)cc3c(c2Cl)CCN(C(=O)c2ccc(Cl)cc2)C3)C(=O)O)C1. The van der Waals surface area contributed by atoms with E-state index in [0.717, 1.165) is 11.2 Å². The third-order valence-electron chi connectivity index (χ3n) is 6.80. The van der Waals surface area contributed by atoms with Crippen molar-refractivity contribution in [3.63, 3.8) is 0 Å². The van der Waals surface area contributed by atoms with Crippen LogP contribution in [0.25, 0.3) is 0 Å². The number of rotatable bonds is 7. The molecule has 1 unspecified atom stereocenters. The van der Waals surface area contributed by atoms with Crippen molar-refractivity contribution in [3.05, 3.63) is 67.7 Å². The van der Waals surface area contributed by atoms with Crippen molar-refractivity contribution in [2.24, 2.45) is 0 Å². The second-order valence-corrected chi connectivity index (χ2v) is 13.0. The van der Waals surface area contributed by atoms with E-state index in [0.29, 0.717) is 34.7 Å². The van der Waals surface area contributed by atoms with Crippen molar-refractivity contribution in [1.82, 2.24) is 15.1 Å². The van der Waals surface area contributed by atoms with Gasteiger partial charge in [0.1, 0.15) is 6.04 Å².